The minimum atomic E-state index is 0.245. The molecule has 3 aromatic rings. The van der Waals surface area contributed by atoms with E-state index in [1.54, 1.807) is 0 Å². The normalized spacial score (nSPS) is 16.8. The summed E-state index contributed by atoms with van der Waals surface area (Å²) in [6, 6.07) is 18.9. The zero-order chi connectivity index (χ0) is 23.5. The lowest BCUT2D eigenvalue weighted by Gasteiger charge is -2.37. The summed E-state index contributed by atoms with van der Waals surface area (Å²) in [6.07, 6.45) is 5.32. The van der Waals surface area contributed by atoms with E-state index in [-0.39, 0.29) is 5.92 Å². The zero-order valence-corrected chi connectivity index (χ0v) is 20.3. The first-order valence-corrected chi connectivity index (χ1v) is 12.6. The molecule has 2 aromatic carbocycles. The van der Waals surface area contributed by atoms with Gasteiger partial charge >= 0.3 is 0 Å². The summed E-state index contributed by atoms with van der Waals surface area (Å²) in [5.74, 6) is 2.39. The number of hydrogen-bond acceptors (Lipinski definition) is 4. The molecule has 1 aliphatic carbocycles. The Labute approximate surface area is 202 Å². The summed E-state index contributed by atoms with van der Waals surface area (Å²) < 4.78 is 0. The van der Waals surface area contributed by atoms with Gasteiger partial charge in [0.1, 0.15) is 5.82 Å². The van der Waals surface area contributed by atoms with Crippen molar-refractivity contribution >= 4 is 11.7 Å². The maximum absolute atomic E-state index is 13.0. The largest absolute Gasteiger partial charge is 0.353 e. The van der Waals surface area contributed by atoms with Crippen molar-refractivity contribution in [1.82, 2.24) is 14.9 Å². The van der Waals surface area contributed by atoms with E-state index in [0.717, 1.165) is 68.3 Å². The number of rotatable bonds is 5. The second-order valence-electron chi connectivity index (χ2n) is 9.76. The zero-order valence-electron chi connectivity index (χ0n) is 20.3. The van der Waals surface area contributed by atoms with E-state index >= 15 is 0 Å². The third kappa shape index (κ3) is 4.84. The summed E-state index contributed by atoms with van der Waals surface area (Å²) in [5.41, 5.74) is 5.77. The molecule has 2 aliphatic rings. The van der Waals surface area contributed by atoms with Crippen LogP contribution in [0.4, 0.5) is 5.82 Å². The Kier molecular flexibility index (Phi) is 6.61. The van der Waals surface area contributed by atoms with Crippen molar-refractivity contribution in [1.29, 1.82) is 0 Å². The molecule has 0 spiro atoms. The Morgan fingerprint density at radius 3 is 2.35 bits per heavy atom. The Balaban J connectivity index is 1.44. The first-order valence-electron chi connectivity index (χ1n) is 12.6. The van der Waals surface area contributed by atoms with Crippen molar-refractivity contribution in [2.75, 3.05) is 31.1 Å². The van der Waals surface area contributed by atoms with Crippen LogP contribution < -0.4 is 4.90 Å². The number of carbonyl (C=O) groups excluding carboxylic acids is 1. The molecule has 1 aromatic heterocycles. The van der Waals surface area contributed by atoms with Gasteiger partial charge in [0.05, 0.1) is 0 Å². The van der Waals surface area contributed by atoms with Gasteiger partial charge in [-0.15, -0.1) is 0 Å². The fourth-order valence-electron chi connectivity index (χ4n) is 5.36. The van der Waals surface area contributed by atoms with E-state index in [9.17, 15) is 4.79 Å². The predicted octanol–water partition coefficient (Wildman–Crippen LogP) is 5.19. The molecule has 0 N–H and O–H groups in total. The van der Waals surface area contributed by atoms with E-state index in [2.05, 4.69) is 60.0 Å². The van der Waals surface area contributed by atoms with Gasteiger partial charge in [0.2, 0.25) is 5.91 Å². The van der Waals surface area contributed by atoms with Crippen molar-refractivity contribution in [2.24, 2.45) is 5.92 Å². The van der Waals surface area contributed by atoms with Crippen LogP contribution in [0.25, 0.3) is 11.4 Å². The number of piperazine rings is 1. The molecule has 1 aliphatic heterocycles. The number of amides is 1. The molecule has 2 heterocycles. The molecule has 5 heteroatoms. The van der Waals surface area contributed by atoms with E-state index < -0.39 is 0 Å². The quantitative estimate of drug-likeness (QED) is 0.532. The molecule has 5 nitrogen and oxygen atoms in total. The smallest absolute Gasteiger partial charge is 0.225 e. The molecule has 1 amide bonds. The van der Waals surface area contributed by atoms with Gasteiger partial charge in [-0.25, -0.2) is 9.97 Å². The molecular weight excluding hydrogens is 420 g/mol. The highest BCUT2D eigenvalue weighted by Gasteiger charge is 2.30. The Hall–Kier alpha value is -3.21. The number of hydrogen-bond donors (Lipinski definition) is 0. The molecule has 34 heavy (non-hydrogen) atoms. The SMILES string of the molecule is Cc1cccc(Cc2c(C)nc(-c3ccccc3)nc2N2CCN(C(=O)C3CCCC3)CC2)c1. The fourth-order valence-corrected chi connectivity index (χ4v) is 5.36. The highest BCUT2D eigenvalue weighted by molar-refractivity contribution is 5.79. The molecule has 1 saturated carbocycles. The van der Waals surface area contributed by atoms with Crippen LogP contribution in [0.3, 0.4) is 0 Å². The number of aromatic nitrogens is 2. The molecule has 5 rings (SSSR count). The van der Waals surface area contributed by atoms with Crippen molar-refractivity contribution < 1.29 is 4.79 Å². The molecule has 176 valence electrons. The van der Waals surface area contributed by atoms with Crippen LogP contribution in [0.2, 0.25) is 0 Å². The van der Waals surface area contributed by atoms with Gasteiger partial charge in [-0.05, 0) is 32.3 Å². The molecule has 0 radical (unpaired) electrons. The monoisotopic (exact) mass is 454 g/mol. The summed E-state index contributed by atoms with van der Waals surface area (Å²) >= 11 is 0. The summed E-state index contributed by atoms with van der Waals surface area (Å²) in [5, 5.41) is 0. The van der Waals surface area contributed by atoms with E-state index in [1.165, 1.54) is 29.5 Å². The molecule has 0 bridgehead atoms. The first-order chi connectivity index (χ1) is 16.6. The number of nitrogens with zero attached hydrogens (tertiary/aromatic N) is 4. The fraction of sp³-hybridized carbons (Fsp3) is 0.414. The third-order valence-corrected chi connectivity index (χ3v) is 7.28. The van der Waals surface area contributed by atoms with Gasteiger partial charge < -0.3 is 9.80 Å². The van der Waals surface area contributed by atoms with Crippen LogP contribution in [0, 0.1) is 19.8 Å². The summed E-state index contributed by atoms with van der Waals surface area (Å²) in [7, 11) is 0. The van der Waals surface area contributed by atoms with Gasteiger partial charge in [-0.2, -0.15) is 0 Å². The number of anilines is 1. The highest BCUT2D eigenvalue weighted by Crippen LogP contribution is 2.30. The van der Waals surface area contributed by atoms with E-state index in [0.29, 0.717) is 5.91 Å². The number of aryl methyl sites for hydroxylation is 2. The standard InChI is InChI=1S/C29H34N4O/c1-21-9-8-10-23(19-21)20-26-22(2)30-27(24-11-4-3-5-12-24)31-28(26)32-15-17-33(18-16-32)29(34)25-13-6-7-14-25/h3-5,8-12,19,25H,6-7,13-18,20H2,1-2H3. The topological polar surface area (TPSA) is 49.3 Å². The summed E-state index contributed by atoms with van der Waals surface area (Å²) in [6.45, 7) is 7.38. The minimum Gasteiger partial charge on any atom is -0.353 e. The average Bonchev–Trinajstić information content (AvgIpc) is 3.40. The van der Waals surface area contributed by atoms with Gasteiger partial charge in [0, 0.05) is 55.3 Å². The summed E-state index contributed by atoms with van der Waals surface area (Å²) in [4.78, 5) is 27.4. The van der Waals surface area contributed by atoms with Crippen LogP contribution in [0.15, 0.2) is 54.6 Å². The molecular formula is C29H34N4O. The van der Waals surface area contributed by atoms with Crippen LogP contribution in [0.5, 0.6) is 0 Å². The van der Waals surface area contributed by atoms with Gasteiger partial charge in [0.25, 0.3) is 0 Å². The van der Waals surface area contributed by atoms with Crippen LogP contribution >= 0.6 is 0 Å². The Morgan fingerprint density at radius 2 is 1.65 bits per heavy atom. The van der Waals surface area contributed by atoms with Gasteiger partial charge in [-0.1, -0.05) is 73.0 Å². The van der Waals surface area contributed by atoms with E-state index in [1.807, 2.05) is 18.2 Å². The van der Waals surface area contributed by atoms with Crippen molar-refractivity contribution in [3.8, 4) is 11.4 Å². The van der Waals surface area contributed by atoms with E-state index in [4.69, 9.17) is 9.97 Å². The minimum absolute atomic E-state index is 0.245. The van der Waals surface area contributed by atoms with Crippen LogP contribution in [-0.2, 0) is 11.2 Å². The highest BCUT2D eigenvalue weighted by atomic mass is 16.2. The predicted molar refractivity (Wildman–Crippen MR) is 137 cm³/mol. The first kappa shape index (κ1) is 22.6. The third-order valence-electron chi connectivity index (χ3n) is 7.28. The van der Waals surface area contributed by atoms with Crippen LogP contribution in [0.1, 0.15) is 48.1 Å². The maximum Gasteiger partial charge on any atom is 0.225 e. The molecule has 1 saturated heterocycles. The molecule has 0 unspecified atom stereocenters. The van der Waals surface area contributed by atoms with Crippen molar-refractivity contribution in [3.63, 3.8) is 0 Å². The number of benzene rings is 2. The Bertz CT molecular complexity index is 1150. The second-order valence-corrected chi connectivity index (χ2v) is 9.76. The molecule has 0 atom stereocenters. The van der Waals surface area contributed by atoms with Crippen molar-refractivity contribution in [3.05, 3.63) is 77.0 Å². The average molecular weight is 455 g/mol. The molecule has 2 fully saturated rings. The van der Waals surface area contributed by atoms with Crippen molar-refractivity contribution in [2.45, 2.75) is 46.0 Å². The second kappa shape index (κ2) is 9.96. The Morgan fingerprint density at radius 1 is 0.912 bits per heavy atom. The van der Waals surface area contributed by atoms with Gasteiger partial charge in [-0.3, -0.25) is 4.79 Å². The lowest BCUT2D eigenvalue weighted by atomic mass is 10.0. The maximum atomic E-state index is 13.0. The lowest BCUT2D eigenvalue weighted by molar-refractivity contribution is -0.135. The number of carbonyl (C=O) groups is 1. The van der Waals surface area contributed by atoms with Crippen LogP contribution in [-0.4, -0.2) is 47.0 Å². The van der Waals surface area contributed by atoms with Gasteiger partial charge in [0.15, 0.2) is 5.82 Å². The lowest BCUT2D eigenvalue weighted by Crippen LogP contribution is -2.50.